The third-order valence-corrected chi connectivity index (χ3v) is 5.42. The van der Waals surface area contributed by atoms with Crippen LogP contribution >= 0.6 is 0 Å². The average Bonchev–Trinajstić information content (AvgIpc) is 2.82. The molecule has 0 unspecified atom stereocenters. The molecule has 2 heteroatoms. The van der Waals surface area contributed by atoms with Crippen LogP contribution in [0.25, 0.3) is 22.3 Å². The zero-order valence-electron chi connectivity index (χ0n) is 14.6. The van der Waals surface area contributed by atoms with Crippen molar-refractivity contribution in [1.82, 2.24) is 0 Å². The quantitative estimate of drug-likeness (QED) is 0.552. The van der Waals surface area contributed by atoms with Crippen molar-refractivity contribution in [3.63, 3.8) is 0 Å². The van der Waals surface area contributed by atoms with Crippen molar-refractivity contribution in [1.29, 1.82) is 0 Å². The Bertz CT molecular complexity index is 940. The number of nitrogens with two attached hydrogens (primary N) is 1. The number of para-hydroxylation sites is 1. The predicted octanol–water partition coefficient (Wildman–Crippen LogP) is 4.35. The van der Waals surface area contributed by atoms with Gasteiger partial charge in [-0.05, 0) is 39.9 Å². The normalized spacial score (nSPS) is 14.1. The highest BCUT2D eigenvalue weighted by molar-refractivity contribution is 6.52. The van der Waals surface area contributed by atoms with Gasteiger partial charge < -0.3 is 5.73 Å². The summed E-state index contributed by atoms with van der Waals surface area (Å²) in [5, 5.41) is 0. The SMILES string of the molecule is CBc1ccc2c(c1)C(C)(C)c1cc(-c3ccccc3N)ccc1-2. The summed E-state index contributed by atoms with van der Waals surface area (Å²) in [6.45, 7) is 6.87. The molecule has 3 aromatic carbocycles. The van der Waals surface area contributed by atoms with Gasteiger partial charge in [0.15, 0.2) is 7.28 Å². The van der Waals surface area contributed by atoms with Crippen LogP contribution in [0.2, 0.25) is 6.82 Å². The minimum atomic E-state index is 0.0232. The first-order valence-electron chi connectivity index (χ1n) is 8.65. The summed E-state index contributed by atoms with van der Waals surface area (Å²) >= 11 is 0. The number of anilines is 1. The lowest BCUT2D eigenvalue weighted by Gasteiger charge is -2.22. The van der Waals surface area contributed by atoms with Crippen LogP contribution in [0, 0.1) is 0 Å². The number of fused-ring (bicyclic) bond motifs is 3. The lowest BCUT2D eigenvalue weighted by molar-refractivity contribution is 0.661. The van der Waals surface area contributed by atoms with Crippen molar-refractivity contribution in [2.45, 2.75) is 26.1 Å². The fourth-order valence-corrected chi connectivity index (χ4v) is 3.93. The summed E-state index contributed by atoms with van der Waals surface area (Å²) < 4.78 is 0. The van der Waals surface area contributed by atoms with E-state index >= 15 is 0 Å². The van der Waals surface area contributed by atoms with Gasteiger partial charge in [-0.25, -0.2) is 0 Å². The molecule has 0 aliphatic heterocycles. The number of hydrogen-bond donors (Lipinski definition) is 1. The first-order valence-corrected chi connectivity index (χ1v) is 8.65. The van der Waals surface area contributed by atoms with E-state index < -0.39 is 0 Å². The first-order chi connectivity index (χ1) is 11.5. The molecule has 0 heterocycles. The molecule has 1 nitrogen and oxygen atoms in total. The highest BCUT2D eigenvalue weighted by Gasteiger charge is 2.35. The monoisotopic (exact) mass is 311 g/mol. The van der Waals surface area contributed by atoms with Gasteiger partial charge in [-0.15, -0.1) is 0 Å². The fraction of sp³-hybridized carbons (Fsp3) is 0.182. The molecule has 0 saturated heterocycles. The van der Waals surface area contributed by atoms with Crippen LogP contribution in [0.1, 0.15) is 25.0 Å². The van der Waals surface area contributed by atoms with E-state index in [0.717, 1.165) is 18.5 Å². The first kappa shape index (κ1) is 15.1. The molecule has 3 aromatic rings. The topological polar surface area (TPSA) is 26.0 Å². The Labute approximate surface area is 144 Å². The molecule has 0 atom stereocenters. The Hall–Kier alpha value is -2.48. The highest BCUT2D eigenvalue weighted by Crippen LogP contribution is 2.49. The molecule has 0 spiro atoms. The zero-order valence-corrected chi connectivity index (χ0v) is 14.6. The lowest BCUT2D eigenvalue weighted by atomic mass is 9.71. The van der Waals surface area contributed by atoms with Gasteiger partial charge in [0.1, 0.15) is 0 Å². The van der Waals surface area contributed by atoms with E-state index in [1.807, 2.05) is 18.2 Å². The maximum atomic E-state index is 6.19. The van der Waals surface area contributed by atoms with Crippen LogP contribution in [-0.4, -0.2) is 7.28 Å². The third-order valence-electron chi connectivity index (χ3n) is 5.42. The molecule has 0 radical (unpaired) electrons. The molecule has 0 amide bonds. The zero-order chi connectivity index (χ0) is 16.9. The molecule has 118 valence electrons. The Kier molecular flexibility index (Phi) is 3.31. The van der Waals surface area contributed by atoms with Crippen molar-refractivity contribution in [3.05, 3.63) is 71.8 Å². The van der Waals surface area contributed by atoms with Crippen molar-refractivity contribution < 1.29 is 0 Å². The Morgan fingerprint density at radius 2 is 1.46 bits per heavy atom. The molecule has 4 rings (SSSR count). The Morgan fingerprint density at radius 1 is 0.792 bits per heavy atom. The van der Waals surface area contributed by atoms with Gasteiger partial charge >= 0.3 is 0 Å². The second-order valence-corrected chi connectivity index (χ2v) is 7.21. The molecule has 1 aliphatic rings. The van der Waals surface area contributed by atoms with E-state index in [1.165, 1.54) is 33.3 Å². The largest absolute Gasteiger partial charge is 0.398 e. The summed E-state index contributed by atoms with van der Waals surface area (Å²) in [7, 11) is 1.07. The smallest absolute Gasteiger partial charge is 0.154 e. The van der Waals surface area contributed by atoms with Gasteiger partial charge in [-0.3, -0.25) is 0 Å². The average molecular weight is 311 g/mol. The van der Waals surface area contributed by atoms with Gasteiger partial charge in [0, 0.05) is 16.7 Å². The van der Waals surface area contributed by atoms with E-state index in [1.54, 1.807) is 0 Å². The molecule has 24 heavy (non-hydrogen) atoms. The van der Waals surface area contributed by atoms with Crippen LogP contribution in [0.3, 0.4) is 0 Å². The molecular formula is C22H22BN. The molecule has 2 N–H and O–H groups in total. The minimum absolute atomic E-state index is 0.0232. The molecule has 0 aromatic heterocycles. The number of hydrogen-bond acceptors (Lipinski definition) is 1. The Balaban J connectivity index is 1.91. The fourth-order valence-electron chi connectivity index (χ4n) is 3.93. The van der Waals surface area contributed by atoms with Gasteiger partial charge in [-0.2, -0.15) is 0 Å². The summed E-state index contributed by atoms with van der Waals surface area (Å²) in [6, 6.07) is 21.8. The second kappa shape index (κ2) is 5.27. The van der Waals surface area contributed by atoms with E-state index in [4.69, 9.17) is 5.73 Å². The van der Waals surface area contributed by atoms with Crippen molar-refractivity contribution in [2.75, 3.05) is 5.73 Å². The molecule has 0 fully saturated rings. The van der Waals surface area contributed by atoms with Crippen LogP contribution in [0.5, 0.6) is 0 Å². The van der Waals surface area contributed by atoms with E-state index in [-0.39, 0.29) is 5.41 Å². The highest BCUT2D eigenvalue weighted by atomic mass is 14.6. The van der Waals surface area contributed by atoms with E-state index in [9.17, 15) is 0 Å². The van der Waals surface area contributed by atoms with E-state index in [2.05, 4.69) is 63.1 Å². The number of rotatable bonds is 2. The van der Waals surface area contributed by atoms with Gasteiger partial charge in [0.05, 0.1) is 0 Å². The predicted molar refractivity (Wildman–Crippen MR) is 107 cm³/mol. The summed E-state index contributed by atoms with van der Waals surface area (Å²) in [4.78, 5) is 0. The minimum Gasteiger partial charge on any atom is -0.398 e. The molecule has 1 aliphatic carbocycles. The third kappa shape index (κ3) is 2.10. The van der Waals surface area contributed by atoms with Gasteiger partial charge in [0.25, 0.3) is 0 Å². The standard InChI is InChI=1S/C22H22BN/c1-22(2)19-12-14(16-6-4-5-7-21(16)24)8-10-17(19)18-11-9-15(23-3)13-20(18)22/h4-13,23H,24H2,1-3H3. The van der Waals surface area contributed by atoms with E-state index in [0.29, 0.717) is 0 Å². The summed E-state index contributed by atoms with van der Waals surface area (Å²) in [5.41, 5.74) is 16.3. The van der Waals surface area contributed by atoms with Crippen molar-refractivity contribution in [2.24, 2.45) is 0 Å². The maximum Gasteiger partial charge on any atom is 0.154 e. The maximum absolute atomic E-state index is 6.19. The van der Waals surface area contributed by atoms with Crippen LogP contribution in [-0.2, 0) is 5.41 Å². The number of nitrogen functional groups attached to an aromatic ring is 1. The van der Waals surface area contributed by atoms with Crippen molar-refractivity contribution in [3.8, 4) is 22.3 Å². The van der Waals surface area contributed by atoms with Gasteiger partial charge in [-0.1, -0.05) is 74.7 Å². The van der Waals surface area contributed by atoms with Crippen LogP contribution < -0.4 is 11.2 Å². The second-order valence-electron chi connectivity index (χ2n) is 7.21. The van der Waals surface area contributed by atoms with Crippen LogP contribution in [0.4, 0.5) is 5.69 Å². The molecular weight excluding hydrogens is 289 g/mol. The summed E-state index contributed by atoms with van der Waals surface area (Å²) in [6.07, 6.45) is 0. The van der Waals surface area contributed by atoms with Crippen LogP contribution in [0.15, 0.2) is 60.7 Å². The number of benzene rings is 3. The molecule has 0 saturated carbocycles. The molecule has 0 bridgehead atoms. The summed E-state index contributed by atoms with van der Waals surface area (Å²) in [5.74, 6) is 0. The van der Waals surface area contributed by atoms with Crippen molar-refractivity contribution >= 4 is 18.4 Å². The van der Waals surface area contributed by atoms with Gasteiger partial charge in [0.2, 0.25) is 0 Å². The lowest BCUT2D eigenvalue weighted by Crippen LogP contribution is -2.19. The Morgan fingerprint density at radius 3 is 2.17 bits per heavy atom.